The van der Waals surface area contributed by atoms with Crippen molar-refractivity contribution < 1.29 is 4.79 Å². The molecular weight excluding hydrogens is 376 g/mol. The van der Waals surface area contributed by atoms with Gasteiger partial charge in [0.15, 0.2) is 0 Å². The fraction of sp³-hybridized carbons (Fsp3) is 0.565. The summed E-state index contributed by atoms with van der Waals surface area (Å²) in [6, 6.07) is 6.27. The van der Waals surface area contributed by atoms with E-state index in [4.69, 9.17) is 5.26 Å². The second-order valence-electron chi connectivity index (χ2n) is 7.98. The lowest BCUT2D eigenvalue weighted by molar-refractivity contribution is -0.121. The number of amides is 1. The van der Waals surface area contributed by atoms with Gasteiger partial charge in [-0.05, 0) is 50.3 Å². The minimum Gasteiger partial charge on any atom is -0.357 e. The van der Waals surface area contributed by atoms with E-state index in [-0.39, 0.29) is 5.91 Å². The third kappa shape index (κ3) is 5.82. The molecule has 160 valence electrons. The lowest BCUT2D eigenvalue weighted by Gasteiger charge is -2.21. The van der Waals surface area contributed by atoms with E-state index in [0.717, 1.165) is 41.4 Å². The summed E-state index contributed by atoms with van der Waals surface area (Å²) >= 11 is 0. The Hall–Kier alpha value is -2.88. The fourth-order valence-corrected chi connectivity index (χ4v) is 4.01. The predicted octanol–water partition coefficient (Wildman–Crippen LogP) is 3.44. The van der Waals surface area contributed by atoms with Crippen LogP contribution in [0.3, 0.4) is 0 Å². The van der Waals surface area contributed by atoms with Crippen molar-refractivity contribution in [1.82, 2.24) is 20.1 Å². The first kappa shape index (κ1) is 21.8. The van der Waals surface area contributed by atoms with Crippen LogP contribution in [0.2, 0.25) is 0 Å². The Labute approximate surface area is 179 Å². The molecule has 3 heterocycles. The number of aromatic nitrogens is 3. The van der Waals surface area contributed by atoms with Crippen LogP contribution in [0, 0.1) is 25.2 Å². The van der Waals surface area contributed by atoms with Gasteiger partial charge in [0.1, 0.15) is 5.82 Å². The molecule has 1 fully saturated rings. The third-order valence-electron chi connectivity index (χ3n) is 5.80. The standard InChI is InChI=1S/C23H32N6O/c1-18-21(19(2)29(27-18)15-7-12-24)9-11-23(30)26-17-20-8-10-22(25-16-20)28-13-5-3-4-6-14-28/h8,10,16H,3-7,9,11,13-15,17H2,1-2H3,(H,26,30). The van der Waals surface area contributed by atoms with Crippen molar-refractivity contribution in [3.63, 3.8) is 0 Å². The van der Waals surface area contributed by atoms with Crippen molar-refractivity contribution in [3.05, 3.63) is 40.8 Å². The van der Waals surface area contributed by atoms with Gasteiger partial charge in [0.05, 0.1) is 24.7 Å². The SMILES string of the molecule is Cc1nn(CCC#N)c(C)c1CCC(=O)NCc1ccc(N2CCCCCC2)nc1. The quantitative estimate of drug-likeness (QED) is 0.723. The summed E-state index contributed by atoms with van der Waals surface area (Å²) in [7, 11) is 0. The average Bonchev–Trinajstić information content (AvgIpc) is 2.94. The van der Waals surface area contributed by atoms with Gasteiger partial charge in [-0.2, -0.15) is 10.4 Å². The van der Waals surface area contributed by atoms with Gasteiger partial charge in [-0.1, -0.05) is 18.9 Å². The summed E-state index contributed by atoms with van der Waals surface area (Å²) in [6.07, 6.45) is 8.46. The van der Waals surface area contributed by atoms with Gasteiger partial charge in [-0.15, -0.1) is 0 Å². The number of hydrogen-bond acceptors (Lipinski definition) is 5. The van der Waals surface area contributed by atoms with Crippen LogP contribution in [0.4, 0.5) is 5.82 Å². The van der Waals surface area contributed by atoms with Crippen molar-refractivity contribution in [3.8, 4) is 6.07 Å². The minimum absolute atomic E-state index is 0.0233. The lowest BCUT2D eigenvalue weighted by Crippen LogP contribution is -2.25. The molecule has 0 saturated carbocycles. The molecule has 1 aliphatic rings. The summed E-state index contributed by atoms with van der Waals surface area (Å²) in [5.74, 6) is 1.06. The molecule has 0 atom stereocenters. The minimum atomic E-state index is 0.0233. The number of nitrogens with zero attached hydrogens (tertiary/aromatic N) is 5. The monoisotopic (exact) mass is 408 g/mol. The van der Waals surface area contributed by atoms with Crippen LogP contribution in [0.25, 0.3) is 0 Å². The van der Waals surface area contributed by atoms with Crippen LogP contribution < -0.4 is 10.2 Å². The number of anilines is 1. The van der Waals surface area contributed by atoms with Gasteiger partial charge in [-0.3, -0.25) is 9.48 Å². The largest absolute Gasteiger partial charge is 0.357 e. The van der Waals surface area contributed by atoms with Gasteiger partial charge >= 0.3 is 0 Å². The Morgan fingerprint density at radius 2 is 1.97 bits per heavy atom. The second-order valence-corrected chi connectivity index (χ2v) is 7.98. The highest BCUT2D eigenvalue weighted by atomic mass is 16.1. The number of nitrogens with one attached hydrogen (secondary N) is 1. The van der Waals surface area contributed by atoms with Crippen LogP contribution in [-0.4, -0.2) is 33.8 Å². The number of pyridine rings is 1. The lowest BCUT2D eigenvalue weighted by atomic mass is 10.1. The molecule has 7 nitrogen and oxygen atoms in total. The van der Waals surface area contributed by atoms with E-state index in [2.05, 4.69) is 38.5 Å². The molecule has 0 aromatic carbocycles. The zero-order valence-electron chi connectivity index (χ0n) is 18.2. The summed E-state index contributed by atoms with van der Waals surface area (Å²) in [4.78, 5) is 19.3. The van der Waals surface area contributed by atoms with Gasteiger partial charge in [0.25, 0.3) is 0 Å². The van der Waals surface area contributed by atoms with Crippen LogP contribution in [-0.2, 0) is 24.3 Å². The first-order valence-electron chi connectivity index (χ1n) is 10.9. The highest BCUT2D eigenvalue weighted by Gasteiger charge is 2.14. The molecule has 1 amide bonds. The van der Waals surface area contributed by atoms with Crippen molar-refractivity contribution in [1.29, 1.82) is 5.26 Å². The van der Waals surface area contributed by atoms with Crippen molar-refractivity contribution in [2.24, 2.45) is 0 Å². The number of rotatable bonds is 8. The van der Waals surface area contributed by atoms with Gasteiger partial charge < -0.3 is 10.2 Å². The highest BCUT2D eigenvalue weighted by Crippen LogP contribution is 2.18. The zero-order valence-corrected chi connectivity index (χ0v) is 18.2. The first-order valence-corrected chi connectivity index (χ1v) is 10.9. The number of carbonyl (C=O) groups excluding carboxylic acids is 1. The highest BCUT2D eigenvalue weighted by molar-refractivity contribution is 5.76. The molecule has 1 N–H and O–H groups in total. The van der Waals surface area contributed by atoms with Crippen molar-refractivity contribution in [2.75, 3.05) is 18.0 Å². The van der Waals surface area contributed by atoms with E-state index in [9.17, 15) is 4.79 Å². The third-order valence-corrected chi connectivity index (χ3v) is 5.80. The molecule has 0 unspecified atom stereocenters. The Kier molecular flexibility index (Phi) is 7.83. The molecule has 1 saturated heterocycles. The molecule has 3 rings (SSSR count). The molecule has 0 radical (unpaired) electrons. The smallest absolute Gasteiger partial charge is 0.220 e. The fourth-order valence-electron chi connectivity index (χ4n) is 4.01. The van der Waals surface area contributed by atoms with E-state index in [1.165, 1.54) is 25.7 Å². The van der Waals surface area contributed by atoms with Crippen LogP contribution in [0.15, 0.2) is 18.3 Å². The Morgan fingerprint density at radius 3 is 2.63 bits per heavy atom. The summed E-state index contributed by atoms with van der Waals surface area (Å²) in [5.41, 5.74) is 4.10. The Morgan fingerprint density at radius 1 is 1.20 bits per heavy atom. The summed E-state index contributed by atoms with van der Waals surface area (Å²) < 4.78 is 1.86. The van der Waals surface area contributed by atoms with E-state index in [1.54, 1.807) is 0 Å². The summed E-state index contributed by atoms with van der Waals surface area (Å²) in [5, 5.41) is 16.3. The van der Waals surface area contributed by atoms with Crippen LogP contribution in [0.1, 0.15) is 61.0 Å². The van der Waals surface area contributed by atoms with Crippen LogP contribution >= 0.6 is 0 Å². The van der Waals surface area contributed by atoms with E-state index in [1.807, 2.05) is 24.7 Å². The average molecular weight is 409 g/mol. The zero-order chi connectivity index (χ0) is 21.3. The molecule has 2 aromatic heterocycles. The normalized spacial score (nSPS) is 14.2. The van der Waals surface area contributed by atoms with E-state index < -0.39 is 0 Å². The van der Waals surface area contributed by atoms with Gasteiger partial charge in [-0.25, -0.2) is 4.98 Å². The van der Waals surface area contributed by atoms with Crippen molar-refractivity contribution in [2.45, 2.75) is 71.9 Å². The predicted molar refractivity (Wildman–Crippen MR) is 117 cm³/mol. The summed E-state index contributed by atoms with van der Waals surface area (Å²) in [6.45, 7) is 7.20. The van der Waals surface area contributed by atoms with Gasteiger partial charge in [0, 0.05) is 37.9 Å². The molecule has 30 heavy (non-hydrogen) atoms. The number of hydrogen-bond donors (Lipinski definition) is 1. The topological polar surface area (TPSA) is 86.8 Å². The maximum atomic E-state index is 12.3. The molecule has 0 spiro atoms. The molecular formula is C23H32N6O. The molecule has 1 aliphatic heterocycles. The Bertz CT molecular complexity index is 872. The molecule has 0 bridgehead atoms. The van der Waals surface area contributed by atoms with E-state index >= 15 is 0 Å². The maximum absolute atomic E-state index is 12.3. The number of aryl methyl sites for hydroxylation is 2. The van der Waals surface area contributed by atoms with Crippen LogP contribution in [0.5, 0.6) is 0 Å². The number of carbonyl (C=O) groups is 1. The molecule has 0 aliphatic carbocycles. The Balaban J connectivity index is 1.47. The van der Waals surface area contributed by atoms with E-state index in [0.29, 0.717) is 32.4 Å². The molecule has 7 heteroatoms. The van der Waals surface area contributed by atoms with Crippen molar-refractivity contribution >= 4 is 11.7 Å². The maximum Gasteiger partial charge on any atom is 0.220 e. The molecule has 2 aromatic rings. The second kappa shape index (κ2) is 10.8. The van der Waals surface area contributed by atoms with Gasteiger partial charge in [0.2, 0.25) is 5.91 Å². The number of nitriles is 1. The first-order chi connectivity index (χ1) is 14.6.